The molecule has 0 saturated carbocycles. The quantitative estimate of drug-likeness (QED) is 0.651. The van der Waals surface area contributed by atoms with Gasteiger partial charge in [-0.05, 0) is 18.9 Å². The molecule has 0 aliphatic rings. The number of carboxylic acids is 1. The van der Waals surface area contributed by atoms with Crippen LogP contribution >= 0.6 is 0 Å². The van der Waals surface area contributed by atoms with E-state index in [1.165, 1.54) is 6.07 Å². The van der Waals surface area contributed by atoms with Crippen LogP contribution in [0.2, 0.25) is 0 Å². The number of rotatable bonds is 2. The number of carboxylic acid groups (broad SMARTS) is 1. The van der Waals surface area contributed by atoms with Crippen LogP contribution in [0.25, 0.3) is 0 Å². The van der Waals surface area contributed by atoms with Crippen LogP contribution in [-0.4, -0.2) is 17.8 Å². The van der Waals surface area contributed by atoms with Gasteiger partial charge in [-0.25, -0.2) is 4.79 Å². The van der Waals surface area contributed by atoms with Crippen LogP contribution < -0.4 is 0 Å². The highest BCUT2D eigenvalue weighted by atomic mass is 16.4. The van der Waals surface area contributed by atoms with E-state index in [0.717, 1.165) is 0 Å². The molecule has 1 N–H and O–H groups in total. The molecule has 0 aliphatic heterocycles. The minimum absolute atomic E-state index is 0.183. The van der Waals surface area contributed by atoms with Gasteiger partial charge in [0.2, 0.25) is 0 Å². The van der Waals surface area contributed by atoms with Gasteiger partial charge >= 0.3 is 5.97 Å². The van der Waals surface area contributed by atoms with E-state index in [1.54, 1.807) is 18.2 Å². The molecule has 0 atom stereocenters. The van der Waals surface area contributed by atoms with Crippen molar-refractivity contribution in [2.75, 3.05) is 0 Å². The molecule has 1 aromatic rings. The third kappa shape index (κ3) is 1.43. The maximum atomic E-state index is 10.5. The number of hydrogen-bond acceptors (Lipinski definition) is 2. The van der Waals surface area contributed by atoms with Crippen molar-refractivity contribution >= 4 is 18.4 Å². The van der Waals surface area contributed by atoms with E-state index in [0.29, 0.717) is 5.69 Å². The van der Waals surface area contributed by atoms with E-state index in [-0.39, 0.29) is 5.56 Å². The summed E-state index contributed by atoms with van der Waals surface area (Å²) in [7, 11) is 0. The van der Waals surface area contributed by atoms with Crippen LogP contribution in [-0.2, 0) is 0 Å². The highest BCUT2D eigenvalue weighted by Gasteiger charge is 2.05. The number of hydrogen-bond donors (Lipinski definition) is 1. The average Bonchev–Trinajstić information content (AvgIpc) is 2.04. The lowest BCUT2D eigenvalue weighted by molar-refractivity contribution is 0.0698. The summed E-state index contributed by atoms with van der Waals surface area (Å²) in [6.45, 7) is 3.26. The molecule has 0 fully saturated rings. The van der Waals surface area contributed by atoms with Crippen molar-refractivity contribution in [3.63, 3.8) is 0 Å². The van der Waals surface area contributed by atoms with Gasteiger partial charge in [-0.1, -0.05) is 12.1 Å². The SMILES string of the molecule is C=Nc1ccccc1C(=O)O. The molecule has 1 aromatic carbocycles. The maximum Gasteiger partial charge on any atom is 0.337 e. The molecule has 0 aromatic heterocycles. The van der Waals surface area contributed by atoms with Crippen molar-refractivity contribution in [3.05, 3.63) is 29.8 Å². The van der Waals surface area contributed by atoms with Gasteiger partial charge in [0.1, 0.15) is 0 Å². The Bertz CT molecular complexity index is 294. The van der Waals surface area contributed by atoms with Crippen LogP contribution in [0.3, 0.4) is 0 Å². The molecule has 0 unspecified atom stereocenters. The minimum atomic E-state index is -0.979. The Kier molecular flexibility index (Phi) is 2.01. The van der Waals surface area contributed by atoms with Gasteiger partial charge in [-0.2, -0.15) is 0 Å². The number of aromatic carboxylic acids is 1. The standard InChI is InChI=1S/C8H7NO2/c1-9-7-5-3-2-4-6(7)8(10)11/h2-5H,1H2,(H,10,11). The normalized spacial score (nSPS) is 9.09. The number of para-hydroxylation sites is 1. The second-order valence-electron chi connectivity index (χ2n) is 1.98. The second kappa shape index (κ2) is 2.96. The number of aliphatic imine (C=N–C) groups is 1. The smallest absolute Gasteiger partial charge is 0.337 e. The van der Waals surface area contributed by atoms with Crippen molar-refractivity contribution in [1.29, 1.82) is 0 Å². The molecule has 1 rings (SSSR count). The fraction of sp³-hybridized carbons (Fsp3) is 0. The molecule has 56 valence electrons. The van der Waals surface area contributed by atoms with E-state index in [1.807, 2.05) is 0 Å². The molecule has 0 aliphatic carbocycles. The molecule has 3 nitrogen and oxygen atoms in total. The van der Waals surface area contributed by atoms with Crippen molar-refractivity contribution in [3.8, 4) is 0 Å². The largest absolute Gasteiger partial charge is 0.478 e. The van der Waals surface area contributed by atoms with Crippen molar-refractivity contribution in [1.82, 2.24) is 0 Å². The van der Waals surface area contributed by atoms with Gasteiger partial charge < -0.3 is 5.11 Å². The first-order valence-corrected chi connectivity index (χ1v) is 3.04. The fourth-order valence-electron chi connectivity index (χ4n) is 0.792. The Hall–Kier alpha value is -1.64. The van der Waals surface area contributed by atoms with E-state index in [9.17, 15) is 4.79 Å². The topological polar surface area (TPSA) is 49.7 Å². The molecule has 0 radical (unpaired) electrons. The molecule has 11 heavy (non-hydrogen) atoms. The van der Waals surface area contributed by atoms with Gasteiger partial charge in [0, 0.05) is 0 Å². The van der Waals surface area contributed by atoms with E-state index < -0.39 is 5.97 Å². The van der Waals surface area contributed by atoms with E-state index in [2.05, 4.69) is 11.7 Å². The Balaban J connectivity index is 3.22. The fourth-order valence-corrected chi connectivity index (χ4v) is 0.792. The van der Waals surface area contributed by atoms with Crippen LogP contribution in [0.1, 0.15) is 10.4 Å². The average molecular weight is 149 g/mol. The predicted molar refractivity (Wildman–Crippen MR) is 42.6 cm³/mol. The Morgan fingerprint density at radius 2 is 2.09 bits per heavy atom. The first-order chi connectivity index (χ1) is 5.25. The molecule has 0 amide bonds. The first kappa shape index (κ1) is 7.47. The minimum Gasteiger partial charge on any atom is -0.478 e. The van der Waals surface area contributed by atoms with Crippen LogP contribution in [0.5, 0.6) is 0 Å². The number of benzene rings is 1. The molecular formula is C8H7NO2. The van der Waals surface area contributed by atoms with Crippen molar-refractivity contribution in [2.45, 2.75) is 0 Å². The van der Waals surface area contributed by atoms with Crippen molar-refractivity contribution in [2.24, 2.45) is 4.99 Å². The first-order valence-electron chi connectivity index (χ1n) is 3.04. The molecule has 0 saturated heterocycles. The molecule has 3 heteroatoms. The maximum absolute atomic E-state index is 10.5. The third-order valence-corrected chi connectivity index (χ3v) is 1.30. The van der Waals surface area contributed by atoms with Gasteiger partial charge in [0.05, 0.1) is 11.3 Å². The van der Waals surface area contributed by atoms with Crippen LogP contribution in [0.4, 0.5) is 5.69 Å². The third-order valence-electron chi connectivity index (χ3n) is 1.30. The highest BCUT2D eigenvalue weighted by molar-refractivity contribution is 5.93. The monoisotopic (exact) mass is 149 g/mol. The van der Waals surface area contributed by atoms with Gasteiger partial charge in [0.25, 0.3) is 0 Å². The summed E-state index contributed by atoms with van der Waals surface area (Å²) in [4.78, 5) is 14.1. The lowest BCUT2D eigenvalue weighted by Crippen LogP contribution is -1.95. The Morgan fingerprint density at radius 1 is 1.45 bits per heavy atom. The zero-order valence-corrected chi connectivity index (χ0v) is 5.82. The Morgan fingerprint density at radius 3 is 2.55 bits per heavy atom. The molecule has 0 heterocycles. The lowest BCUT2D eigenvalue weighted by atomic mass is 10.2. The number of carbonyl (C=O) groups is 1. The molecule has 0 bridgehead atoms. The lowest BCUT2D eigenvalue weighted by Gasteiger charge is -1.96. The summed E-state index contributed by atoms with van der Waals surface area (Å²) in [6.07, 6.45) is 0. The van der Waals surface area contributed by atoms with Crippen LogP contribution in [0, 0.1) is 0 Å². The van der Waals surface area contributed by atoms with Gasteiger partial charge in [0.15, 0.2) is 0 Å². The Labute approximate surface area is 64.0 Å². The molecule has 0 spiro atoms. The van der Waals surface area contributed by atoms with Crippen LogP contribution in [0.15, 0.2) is 29.3 Å². The zero-order valence-electron chi connectivity index (χ0n) is 5.82. The van der Waals surface area contributed by atoms with Gasteiger partial charge in [-0.15, -0.1) is 0 Å². The van der Waals surface area contributed by atoms with Crippen molar-refractivity contribution < 1.29 is 9.90 Å². The summed E-state index contributed by atoms with van der Waals surface area (Å²) < 4.78 is 0. The predicted octanol–water partition coefficient (Wildman–Crippen LogP) is 1.72. The number of nitrogens with zero attached hydrogens (tertiary/aromatic N) is 1. The highest BCUT2D eigenvalue weighted by Crippen LogP contribution is 2.16. The zero-order chi connectivity index (χ0) is 8.27. The summed E-state index contributed by atoms with van der Waals surface area (Å²) in [5, 5.41) is 8.61. The second-order valence-corrected chi connectivity index (χ2v) is 1.98. The summed E-state index contributed by atoms with van der Waals surface area (Å²) in [5.41, 5.74) is 0.586. The van der Waals surface area contributed by atoms with Gasteiger partial charge in [-0.3, -0.25) is 4.99 Å². The summed E-state index contributed by atoms with van der Waals surface area (Å²) >= 11 is 0. The summed E-state index contributed by atoms with van der Waals surface area (Å²) in [5.74, 6) is -0.979. The van der Waals surface area contributed by atoms with E-state index in [4.69, 9.17) is 5.11 Å². The molecular weight excluding hydrogens is 142 g/mol. The van der Waals surface area contributed by atoms with E-state index >= 15 is 0 Å². The summed E-state index contributed by atoms with van der Waals surface area (Å²) in [6, 6.07) is 6.47.